The zero-order valence-corrected chi connectivity index (χ0v) is 11.1. The highest BCUT2D eigenvalue weighted by Crippen LogP contribution is 2.23. The molecule has 0 bridgehead atoms. The summed E-state index contributed by atoms with van der Waals surface area (Å²) in [7, 11) is 0. The van der Waals surface area contributed by atoms with E-state index in [2.05, 4.69) is 26.0 Å². The molecular weight excluding hydrogens is 212 g/mol. The number of hydrogen-bond donors (Lipinski definition) is 1. The van der Waals surface area contributed by atoms with Crippen LogP contribution >= 0.6 is 0 Å². The first-order valence-corrected chi connectivity index (χ1v) is 6.61. The summed E-state index contributed by atoms with van der Waals surface area (Å²) in [5.74, 6) is 0. The van der Waals surface area contributed by atoms with Gasteiger partial charge in [0.1, 0.15) is 6.10 Å². The minimum absolute atomic E-state index is 0.0857. The zero-order chi connectivity index (χ0) is 12.7. The van der Waals surface area contributed by atoms with Gasteiger partial charge in [-0.2, -0.15) is 0 Å². The smallest absolute Gasteiger partial charge is 0.105 e. The predicted molar refractivity (Wildman–Crippen MR) is 71.1 cm³/mol. The first kappa shape index (κ1) is 14.2. The summed E-state index contributed by atoms with van der Waals surface area (Å²) in [6, 6.07) is 8.16. The molecule has 17 heavy (non-hydrogen) atoms. The van der Waals surface area contributed by atoms with Crippen molar-refractivity contribution in [1.82, 2.24) is 0 Å². The van der Waals surface area contributed by atoms with E-state index in [1.54, 1.807) is 0 Å². The first-order valence-electron chi connectivity index (χ1n) is 6.61. The van der Waals surface area contributed by atoms with E-state index in [1.165, 1.54) is 5.56 Å². The Bertz CT molecular complexity index is 299. The van der Waals surface area contributed by atoms with Gasteiger partial charge in [-0.15, -0.1) is 0 Å². The Morgan fingerprint density at radius 2 is 1.76 bits per heavy atom. The third kappa shape index (κ3) is 4.14. The van der Waals surface area contributed by atoms with Gasteiger partial charge in [0.2, 0.25) is 0 Å². The maximum Gasteiger partial charge on any atom is 0.105 e. The Hall–Kier alpha value is -0.860. The molecule has 0 amide bonds. The second kappa shape index (κ2) is 7.46. The molecule has 1 aromatic rings. The van der Waals surface area contributed by atoms with Gasteiger partial charge in [-0.05, 0) is 30.9 Å². The Kier molecular flexibility index (Phi) is 6.23. The number of aliphatic hydroxyl groups excluding tert-OH is 1. The average Bonchev–Trinajstić information content (AvgIpc) is 2.38. The Morgan fingerprint density at radius 1 is 1.12 bits per heavy atom. The Labute approximate surface area is 105 Å². The lowest BCUT2D eigenvalue weighted by atomic mass is 9.99. The standard InChI is InChI=1S/C15H24O2/c1-4-7-14(17-6-3)15(16)13-10-8-12(5-2)9-11-13/h8-11,14-16H,4-7H2,1-3H3. The largest absolute Gasteiger partial charge is 0.386 e. The van der Waals surface area contributed by atoms with Crippen molar-refractivity contribution in [2.24, 2.45) is 0 Å². The quantitative estimate of drug-likeness (QED) is 0.785. The van der Waals surface area contributed by atoms with E-state index in [9.17, 15) is 5.11 Å². The molecule has 2 nitrogen and oxygen atoms in total. The van der Waals surface area contributed by atoms with Crippen LogP contribution in [0.25, 0.3) is 0 Å². The highest BCUT2D eigenvalue weighted by Gasteiger charge is 2.20. The molecule has 0 aliphatic rings. The molecule has 0 saturated heterocycles. The zero-order valence-electron chi connectivity index (χ0n) is 11.1. The predicted octanol–water partition coefficient (Wildman–Crippen LogP) is 3.49. The van der Waals surface area contributed by atoms with Crippen molar-refractivity contribution in [3.8, 4) is 0 Å². The summed E-state index contributed by atoms with van der Waals surface area (Å²) >= 11 is 0. The summed E-state index contributed by atoms with van der Waals surface area (Å²) in [6.45, 7) is 6.86. The summed E-state index contributed by atoms with van der Waals surface area (Å²) in [5.41, 5.74) is 2.25. The van der Waals surface area contributed by atoms with E-state index in [0.29, 0.717) is 6.61 Å². The van der Waals surface area contributed by atoms with Crippen LogP contribution in [-0.2, 0) is 11.2 Å². The molecule has 2 unspecified atom stereocenters. The molecule has 1 aromatic carbocycles. The van der Waals surface area contributed by atoms with Crippen molar-refractivity contribution in [2.45, 2.75) is 52.2 Å². The number of hydrogen-bond acceptors (Lipinski definition) is 2. The highest BCUT2D eigenvalue weighted by atomic mass is 16.5. The lowest BCUT2D eigenvalue weighted by molar-refractivity contribution is -0.0384. The molecule has 2 atom stereocenters. The van der Waals surface area contributed by atoms with Gasteiger partial charge in [-0.1, -0.05) is 44.5 Å². The molecule has 0 radical (unpaired) electrons. The third-order valence-electron chi connectivity index (χ3n) is 3.04. The van der Waals surface area contributed by atoms with Crippen molar-refractivity contribution < 1.29 is 9.84 Å². The lowest BCUT2D eigenvalue weighted by Gasteiger charge is -2.23. The van der Waals surface area contributed by atoms with E-state index in [0.717, 1.165) is 24.8 Å². The molecule has 1 rings (SSSR count). The van der Waals surface area contributed by atoms with Gasteiger partial charge in [0.25, 0.3) is 0 Å². The number of ether oxygens (including phenoxy) is 1. The lowest BCUT2D eigenvalue weighted by Crippen LogP contribution is -2.22. The van der Waals surface area contributed by atoms with Crippen molar-refractivity contribution in [3.05, 3.63) is 35.4 Å². The molecule has 0 aliphatic heterocycles. The number of rotatable bonds is 7. The fourth-order valence-electron chi connectivity index (χ4n) is 2.00. The van der Waals surface area contributed by atoms with Crippen LogP contribution < -0.4 is 0 Å². The van der Waals surface area contributed by atoms with Gasteiger partial charge >= 0.3 is 0 Å². The SMILES string of the molecule is CCCC(OCC)C(O)c1ccc(CC)cc1. The molecule has 0 fully saturated rings. The summed E-state index contributed by atoms with van der Waals surface area (Å²) in [5, 5.41) is 10.3. The average molecular weight is 236 g/mol. The molecule has 2 heteroatoms. The molecule has 0 aromatic heterocycles. The molecular formula is C15H24O2. The van der Waals surface area contributed by atoms with Crippen LogP contribution in [-0.4, -0.2) is 17.8 Å². The second-order valence-electron chi connectivity index (χ2n) is 4.32. The van der Waals surface area contributed by atoms with Crippen molar-refractivity contribution in [1.29, 1.82) is 0 Å². The highest BCUT2D eigenvalue weighted by molar-refractivity contribution is 5.24. The van der Waals surface area contributed by atoms with Gasteiger partial charge in [0.15, 0.2) is 0 Å². The number of aryl methyl sites for hydroxylation is 1. The minimum Gasteiger partial charge on any atom is -0.386 e. The minimum atomic E-state index is -0.513. The molecule has 0 saturated carbocycles. The van der Waals surface area contributed by atoms with Gasteiger partial charge in [0.05, 0.1) is 6.10 Å². The Morgan fingerprint density at radius 3 is 2.24 bits per heavy atom. The van der Waals surface area contributed by atoms with E-state index in [-0.39, 0.29) is 6.10 Å². The van der Waals surface area contributed by atoms with Crippen LogP contribution in [0.5, 0.6) is 0 Å². The fraction of sp³-hybridized carbons (Fsp3) is 0.600. The van der Waals surface area contributed by atoms with E-state index < -0.39 is 6.10 Å². The van der Waals surface area contributed by atoms with Crippen molar-refractivity contribution >= 4 is 0 Å². The van der Waals surface area contributed by atoms with Gasteiger partial charge in [-0.25, -0.2) is 0 Å². The van der Waals surface area contributed by atoms with Crippen LogP contribution in [0, 0.1) is 0 Å². The monoisotopic (exact) mass is 236 g/mol. The normalized spacial score (nSPS) is 14.6. The van der Waals surface area contributed by atoms with E-state index in [1.807, 2.05) is 19.1 Å². The van der Waals surface area contributed by atoms with E-state index >= 15 is 0 Å². The summed E-state index contributed by atoms with van der Waals surface area (Å²) in [4.78, 5) is 0. The van der Waals surface area contributed by atoms with Gasteiger partial charge in [-0.3, -0.25) is 0 Å². The maximum absolute atomic E-state index is 10.3. The summed E-state index contributed by atoms with van der Waals surface area (Å²) < 4.78 is 5.61. The van der Waals surface area contributed by atoms with Gasteiger partial charge in [0, 0.05) is 6.61 Å². The Balaban J connectivity index is 2.73. The van der Waals surface area contributed by atoms with Crippen molar-refractivity contribution in [3.63, 3.8) is 0 Å². The number of aliphatic hydroxyl groups is 1. The van der Waals surface area contributed by atoms with E-state index in [4.69, 9.17) is 4.74 Å². The van der Waals surface area contributed by atoms with Crippen LogP contribution in [0.4, 0.5) is 0 Å². The van der Waals surface area contributed by atoms with Crippen LogP contribution in [0.2, 0.25) is 0 Å². The van der Waals surface area contributed by atoms with Gasteiger partial charge < -0.3 is 9.84 Å². The van der Waals surface area contributed by atoms with Crippen LogP contribution in [0.1, 0.15) is 50.8 Å². The third-order valence-corrected chi connectivity index (χ3v) is 3.04. The van der Waals surface area contributed by atoms with Crippen molar-refractivity contribution in [2.75, 3.05) is 6.61 Å². The summed E-state index contributed by atoms with van der Waals surface area (Å²) in [6.07, 6.45) is 2.35. The molecule has 0 spiro atoms. The van der Waals surface area contributed by atoms with Crippen LogP contribution in [0.3, 0.4) is 0 Å². The maximum atomic E-state index is 10.3. The molecule has 1 N–H and O–H groups in total. The molecule has 96 valence electrons. The molecule has 0 heterocycles. The fourth-order valence-corrected chi connectivity index (χ4v) is 2.00. The number of benzene rings is 1. The molecule has 0 aliphatic carbocycles. The first-order chi connectivity index (χ1) is 8.22. The van der Waals surface area contributed by atoms with Crippen LogP contribution in [0.15, 0.2) is 24.3 Å². The second-order valence-corrected chi connectivity index (χ2v) is 4.32. The topological polar surface area (TPSA) is 29.5 Å².